The average Bonchev–Trinajstić information content (AvgIpc) is 2.59. The van der Waals surface area contributed by atoms with E-state index in [1.807, 2.05) is 26.0 Å². The maximum atomic E-state index is 11.3. The van der Waals surface area contributed by atoms with Gasteiger partial charge in [-0.15, -0.1) is 11.6 Å². The van der Waals surface area contributed by atoms with Crippen LogP contribution in [0.5, 0.6) is 5.75 Å². The summed E-state index contributed by atoms with van der Waals surface area (Å²) in [5, 5.41) is 2.76. The highest BCUT2D eigenvalue weighted by atomic mass is 35.5. The first kappa shape index (κ1) is 12.2. The highest BCUT2D eigenvalue weighted by Gasteiger charge is 2.33. The van der Waals surface area contributed by atoms with Gasteiger partial charge in [0.05, 0.1) is 5.69 Å². The maximum absolute atomic E-state index is 11.3. The van der Waals surface area contributed by atoms with E-state index in [1.165, 1.54) is 11.1 Å². The zero-order chi connectivity index (χ0) is 12.6. The van der Waals surface area contributed by atoms with Crippen LogP contribution in [0.2, 0.25) is 0 Å². The first-order valence-corrected chi connectivity index (χ1v) is 6.14. The Hall–Kier alpha value is -1.22. The molecule has 0 atom stereocenters. The van der Waals surface area contributed by atoms with Crippen LogP contribution in [0, 0.1) is 6.92 Å². The third-order valence-corrected chi connectivity index (χ3v) is 3.11. The van der Waals surface area contributed by atoms with Crippen molar-refractivity contribution >= 4 is 23.2 Å². The van der Waals surface area contributed by atoms with Gasteiger partial charge in [-0.3, -0.25) is 4.79 Å². The number of halogens is 1. The Labute approximate surface area is 106 Å². The van der Waals surface area contributed by atoms with Crippen molar-refractivity contribution in [3.8, 4) is 5.75 Å². The van der Waals surface area contributed by atoms with E-state index in [9.17, 15) is 4.79 Å². The molecule has 0 saturated carbocycles. The van der Waals surface area contributed by atoms with Gasteiger partial charge in [-0.25, -0.2) is 0 Å². The molecule has 1 N–H and O–H groups in total. The first-order valence-electron chi connectivity index (χ1n) is 5.60. The number of amides is 1. The minimum atomic E-state index is -0.217. The van der Waals surface area contributed by atoms with Crippen LogP contribution in [-0.4, -0.2) is 17.4 Å². The van der Waals surface area contributed by atoms with Crippen molar-refractivity contribution in [3.63, 3.8) is 0 Å². The van der Waals surface area contributed by atoms with Crippen LogP contribution in [0.15, 0.2) is 12.1 Å². The molecule has 0 aromatic heterocycles. The van der Waals surface area contributed by atoms with Crippen LogP contribution in [0.4, 0.5) is 5.69 Å². The number of nitrogens with one attached hydrogen (secondary N) is 1. The van der Waals surface area contributed by atoms with Gasteiger partial charge in [0.2, 0.25) is 5.91 Å². The molecule has 92 valence electrons. The summed E-state index contributed by atoms with van der Waals surface area (Å²) in [4.78, 5) is 11.3. The van der Waals surface area contributed by atoms with E-state index in [4.69, 9.17) is 16.3 Å². The smallest absolute Gasteiger partial charge is 0.239 e. The average molecular weight is 254 g/mol. The molecule has 3 nitrogen and oxygen atoms in total. The molecule has 1 amide bonds. The zero-order valence-electron chi connectivity index (χ0n) is 10.3. The Kier molecular flexibility index (Phi) is 3.04. The Morgan fingerprint density at radius 1 is 1.53 bits per heavy atom. The number of benzene rings is 1. The van der Waals surface area contributed by atoms with Crippen molar-refractivity contribution in [2.45, 2.75) is 32.8 Å². The lowest BCUT2D eigenvalue weighted by atomic mass is 9.98. The molecule has 1 aliphatic rings. The summed E-state index contributed by atoms with van der Waals surface area (Å²) < 4.78 is 5.89. The number of anilines is 1. The van der Waals surface area contributed by atoms with Gasteiger partial charge in [-0.2, -0.15) is 0 Å². The summed E-state index contributed by atoms with van der Waals surface area (Å²) >= 11 is 5.49. The van der Waals surface area contributed by atoms with E-state index in [-0.39, 0.29) is 17.4 Å². The molecule has 0 saturated heterocycles. The highest BCUT2D eigenvalue weighted by molar-refractivity contribution is 6.29. The molecule has 1 aromatic carbocycles. The molecule has 0 aliphatic carbocycles. The SMILES string of the molecule is Cc1ccc(NC(=O)CCl)c2c1CC(C)(C)O2. The van der Waals surface area contributed by atoms with Gasteiger partial charge in [-0.05, 0) is 32.4 Å². The lowest BCUT2D eigenvalue weighted by Crippen LogP contribution is -2.25. The van der Waals surface area contributed by atoms with Gasteiger partial charge in [0.15, 0.2) is 0 Å². The molecule has 0 bridgehead atoms. The lowest BCUT2D eigenvalue weighted by Gasteiger charge is -2.18. The molecule has 0 spiro atoms. The molecule has 1 aromatic rings. The molecule has 0 unspecified atom stereocenters. The number of carbonyl (C=O) groups excluding carboxylic acids is 1. The van der Waals surface area contributed by atoms with E-state index in [0.717, 1.165) is 12.2 Å². The lowest BCUT2D eigenvalue weighted by molar-refractivity contribution is -0.113. The third kappa shape index (κ3) is 2.39. The third-order valence-electron chi connectivity index (χ3n) is 2.87. The van der Waals surface area contributed by atoms with E-state index in [2.05, 4.69) is 12.2 Å². The topological polar surface area (TPSA) is 38.3 Å². The van der Waals surface area contributed by atoms with Crippen molar-refractivity contribution in [1.29, 1.82) is 0 Å². The van der Waals surface area contributed by atoms with Gasteiger partial charge in [0, 0.05) is 12.0 Å². The summed E-state index contributed by atoms with van der Waals surface area (Å²) in [7, 11) is 0. The summed E-state index contributed by atoms with van der Waals surface area (Å²) in [5.74, 6) is 0.519. The van der Waals surface area contributed by atoms with Crippen LogP contribution in [0.1, 0.15) is 25.0 Å². The van der Waals surface area contributed by atoms with Crippen molar-refractivity contribution < 1.29 is 9.53 Å². The number of carbonyl (C=O) groups is 1. The first-order chi connectivity index (χ1) is 7.93. The van der Waals surface area contributed by atoms with Crippen LogP contribution in [-0.2, 0) is 11.2 Å². The fourth-order valence-electron chi connectivity index (χ4n) is 2.08. The quantitative estimate of drug-likeness (QED) is 0.823. The van der Waals surface area contributed by atoms with Crippen LogP contribution in [0.25, 0.3) is 0 Å². The number of fused-ring (bicyclic) bond motifs is 1. The van der Waals surface area contributed by atoms with Crippen LogP contribution < -0.4 is 10.1 Å². The zero-order valence-corrected chi connectivity index (χ0v) is 11.0. The van der Waals surface area contributed by atoms with E-state index < -0.39 is 0 Å². The minimum absolute atomic E-state index is 0.0496. The van der Waals surface area contributed by atoms with Gasteiger partial charge in [0.25, 0.3) is 0 Å². The predicted octanol–water partition coefficient (Wildman–Crippen LogP) is 2.89. The summed E-state index contributed by atoms with van der Waals surface area (Å²) in [5.41, 5.74) is 2.85. The van der Waals surface area contributed by atoms with Crippen molar-refractivity contribution in [1.82, 2.24) is 0 Å². The van der Waals surface area contributed by atoms with E-state index in [1.54, 1.807) is 0 Å². The highest BCUT2D eigenvalue weighted by Crippen LogP contribution is 2.42. The normalized spacial score (nSPS) is 16.2. The number of aryl methyl sites for hydroxylation is 1. The van der Waals surface area contributed by atoms with E-state index >= 15 is 0 Å². The van der Waals surface area contributed by atoms with Crippen molar-refractivity contribution in [2.75, 3.05) is 11.2 Å². The van der Waals surface area contributed by atoms with Crippen LogP contribution >= 0.6 is 11.6 Å². The minimum Gasteiger partial charge on any atom is -0.485 e. The molecular formula is C13H16ClNO2. The second kappa shape index (κ2) is 4.22. The monoisotopic (exact) mass is 253 g/mol. The van der Waals surface area contributed by atoms with Gasteiger partial charge in [0.1, 0.15) is 17.2 Å². The molecule has 4 heteroatoms. The number of rotatable bonds is 2. The second-order valence-electron chi connectivity index (χ2n) is 4.96. The molecule has 2 rings (SSSR count). The fraction of sp³-hybridized carbons (Fsp3) is 0.462. The number of hydrogen-bond acceptors (Lipinski definition) is 2. The molecule has 0 radical (unpaired) electrons. The van der Waals surface area contributed by atoms with Gasteiger partial charge >= 0.3 is 0 Å². The molecular weight excluding hydrogens is 238 g/mol. The fourth-order valence-corrected chi connectivity index (χ4v) is 2.15. The van der Waals surface area contributed by atoms with Gasteiger partial charge < -0.3 is 10.1 Å². The summed E-state index contributed by atoms with van der Waals surface area (Å²) in [6, 6.07) is 3.85. The van der Waals surface area contributed by atoms with Crippen molar-refractivity contribution in [3.05, 3.63) is 23.3 Å². The molecule has 1 aliphatic heterocycles. The number of alkyl halides is 1. The Balaban J connectivity index is 2.38. The van der Waals surface area contributed by atoms with Crippen LogP contribution in [0.3, 0.4) is 0 Å². The molecule has 1 heterocycles. The number of hydrogen-bond donors (Lipinski definition) is 1. The Morgan fingerprint density at radius 3 is 2.88 bits per heavy atom. The summed E-state index contributed by atoms with van der Waals surface area (Å²) in [6.07, 6.45) is 0.860. The molecule has 0 fully saturated rings. The Bertz CT molecular complexity index is 469. The maximum Gasteiger partial charge on any atom is 0.239 e. The summed E-state index contributed by atoms with van der Waals surface area (Å²) in [6.45, 7) is 6.13. The second-order valence-corrected chi connectivity index (χ2v) is 5.23. The molecule has 17 heavy (non-hydrogen) atoms. The van der Waals surface area contributed by atoms with Crippen molar-refractivity contribution in [2.24, 2.45) is 0 Å². The van der Waals surface area contributed by atoms with Gasteiger partial charge in [-0.1, -0.05) is 6.07 Å². The number of ether oxygens (including phenoxy) is 1. The predicted molar refractivity (Wildman–Crippen MR) is 68.9 cm³/mol. The standard InChI is InChI=1S/C13H16ClNO2/c1-8-4-5-10(15-11(16)7-14)12-9(8)6-13(2,3)17-12/h4-5H,6-7H2,1-3H3,(H,15,16). The Morgan fingerprint density at radius 2 is 2.24 bits per heavy atom. The largest absolute Gasteiger partial charge is 0.485 e. The van der Waals surface area contributed by atoms with E-state index in [0.29, 0.717) is 5.69 Å².